The van der Waals surface area contributed by atoms with Gasteiger partial charge in [-0.3, -0.25) is 9.59 Å². The van der Waals surface area contributed by atoms with Crippen LogP contribution in [0.25, 0.3) is 0 Å². The maximum absolute atomic E-state index is 11.7. The minimum Gasteiger partial charge on any atom is -0.393 e. The molecule has 0 aromatic carbocycles. The van der Waals surface area contributed by atoms with Gasteiger partial charge >= 0.3 is 0 Å². The zero-order valence-corrected chi connectivity index (χ0v) is 9.69. The van der Waals surface area contributed by atoms with Gasteiger partial charge in [-0.25, -0.2) is 0 Å². The van der Waals surface area contributed by atoms with Crippen LogP contribution in [0.15, 0.2) is 16.9 Å². The van der Waals surface area contributed by atoms with E-state index >= 15 is 0 Å². The summed E-state index contributed by atoms with van der Waals surface area (Å²) in [4.78, 5) is 25.8. The van der Waals surface area contributed by atoms with E-state index in [2.05, 4.69) is 10.3 Å². The molecule has 1 heterocycles. The number of carbonyl (C=O) groups excluding carboxylic acids is 1. The topological polar surface area (TPSA) is 82.2 Å². The smallest absolute Gasteiger partial charge is 0.260 e. The Balaban J connectivity index is 1.93. The predicted molar refractivity (Wildman–Crippen MR) is 62.9 cm³/mol. The molecule has 92 valence electrons. The number of pyridine rings is 1. The molecule has 0 atom stereocenters. The van der Waals surface area contributed by atoms with Crippen molar-refractivity contribution in [2.75, 3.05) is 6.54 Å². The van der Waals surface area contributed by atoms with Gasteiger partial charge in [0.1, 0.15) is 5.56 Å². The molecule has 0 spiro atoms. The van der Waals surface area contributed by atoms with E-state index in [1.165, 1.54) is 6.07 Å². The summed E-state index contributed by atoms with van der Waals surface area (Å²) in [7, 11) is 0. The van der Waals surface area contributed by atoms with Gasteiger partial charge in [-0.05, 0) is 37.8 Å². The van der Waals surface area contributed by atoms with Crippen LogP contribution in [-0.2, 0) is 0 Å². The number of hydrogen-bond donors (Lipinski definition) is 3. The number of rotatable bonds is 3. The number of amides is 1. The number of hydrogen-bond acceptors (Lipinski definition) is 3. The molecule has 0 unspecified atom stereocenters. The van der Waals surface area contributed by atoms with Crippen molar-refractivity contribution in [3.63, 3.8) is 0 Å². The number of H-pyrrole nitrogens is 1. The van der Waals surface area contributed by atoms with Crippen LogP contribution in [0.1, 0.15) is 28.9 Å². The monoisotopic (exact) mass is 236 g/mol. The van der Waals surface area contributed by atoms with Crippen molar-refractivity contribution in [1.29, 1.82) is 0 Å². The third-order valence-electron chi connectivity index (χ3n) is 3.06. The Morgan fingerprint density at radius 3 is 2.82 bits per heavy atom. The molecule has 0 aliphatic heterocycles. The number of aliphatic hydroxyl groups is 1. The Morgan fingerprint density at radius 1 is 1.53 bits per heavy atom. The molecule has 1 aliphatic rings. The number of aryl methyl sites for hydroxylation is 1. The van der Waals surface area contributed by atoms with Gasteiger partial charge in [-0.15, -0.1) is 0 Å². The number of nitrogens with one attached hydrogen (secondary N) is 2. The molecular weight excluding hydrogens is 220 g/mol. The summed E-state index contributed by atoms with van der Waals surface area (Å²) < 4.78 is 0. The standard InChI is InChI=1S/C12H16N2O3/c1-7-2-3-10(12(17)14-7)11(16)13-6-8-4-9(15)5-8/h2-3,8-9,15H,4-6H2,1H3,(H,13,16)(H,14,17). The van der Waals surface area contributed by atoms with E-state index in [1.54, 1.807) is 13.0 Å². The molecule has 1 saturated carbocycles. The lowest BCUT2D eigenvalue weighted by atomic mass is 9.82. The summed E-state index contributed by atoms with van der Waals surface area (Å²) in [5, 5.41) is 11.8. The van der Waals surface area contributed by atoms with E-state index in [4.69, 9.17) is 5.11 Å². The molecule has 1 aromatic heterocycles. The van der Waals surface area contributed by atoms with Crippen LogP contribution in [0.5, 0.6) is 0 Å². The molecule has 17 heavy (non-hydrogen) atoms. The fourth-order valence-corrected chi connectivity index (χ4v) is 1.95. The zero-order valence-electron chi connectivity index (χ0n) is 9.69. The van der Waals surface area contributed by atoms with Crippen LogP contribution in [0.2, 0.25) is 0 Å². The van der Waals surface area contributed by atoms with Crippen LogP contribution in [0.3, 0.4) is 0 Å². The Labute approximate surface area is 98.9 Å². The van der Waals surface area contributed by atoms with E-state index in [0.717, 1.165) is 18.5 Å². The maximum Gasteiger partial charge on any atom is 0.260 e. The van der Waals surface area contributed by atoms with Gasteiger partial charge in [-0.1, -0.05) is 0 Å². The fourth-order valence-electron chi connectivity index (χ4n) is 1.95. The average molecular weight is 236 g/mol. The lowest BCUT2D eigenvalue weighted by Crippen LogP contribution is -2.39. The molecule has 1 aromatic rings. The van der Waals surface area contributed by atoms with Crippen LogP contribution in [0.4, 0.5) is 0 Å². The summed E-state index contributed by atoms with van der Waals surface area (Å²) in [6, 6.07) is 3.22. The summed E-state index contributed by atoms with van der Waals surface area (Å²) >= 11 is 0. The van der Waals surface area contributed by atoms with Crippen molar-refractivity contribution in [2.45, 2.75) is 25.9 Å². The predicted octanol–water partition coefficient (Wildman–Crippen LogP) is 0.184. The van der Waals surface area contributed by atoms with Gasteiger partial charge in [0.2, 0.25) is 0 Å². The van der Waals surface area contributed by atoms with Crippen LogP contribution in [0, 0.1) is 12.8 Å². The molecule has 5 nitrogen and oxygen atoms in total. The van der Waals surface area contributed by atoms with Crippen molar-refractivity contribution in [3.8, 4) is 0 Å². The largest absolute Gasteiger partial charge is 0.393 e. The van der Waals surface area contributed by atoms with Crippen molar-refractivity contribution in [2.24, 2.45) is 5.92 Å². The second-order valence-corrected chi connectivity index (χ2v) is 4.59. The molecular formula is C12H16N2O3. The molecule has 1 amide bonds. The van der Waals surface area contributed by atoms with Crippen LogP contribution < -0.4 is 10.9 Å². The van der Waals surface area contributed by atoms with Gasteiger partial charge in [0, 0.05) is 12.2 Å². The number of aromatic amines is 1. The highest BCUT2D eigenvalue weighted by atomic mass is 16.3. The van der Waals surface area contributed by atoms with Gasteiger partial charge in [0.25, 0.3) is 11.5 Å². The van der Waals surface area contributed by atoms with Gasteiger partial charge < -0.3 is 15.4 Å². The number of aromatic nitrogens is 1. The first-order chi connectivity index (χ1) is 8.06. The Hall–Kier alpha value is -1.62. The summed E-state index contributed by atoms with van der Waals surface area (Å²) in [5.41, 5.74) is 0.500. The highest BCUT2D eigenvalue weighted by molar-refractivity contribution is 5.93. The summed E-state index contributed by atoms with van der Waals surface area (Å²) in [5.74, 6) is -0.0221. The first-order valence-corrected chi connectivity index (χ1v) is 5.72. The second kappa shape index (κ2) is 4.71. The minimum absolute atomic E-state index is 0.135. The first kappa shape index (κ1) is 11.9. The molecule has 0 bridgehead atoms. The summed E-state index contributed by atoms with van der Waals surface area (Å²) in [6.07, 6.45) is 1.23. The highest BCUT2D eigenvalue weighted by Gasteiger charge is 2.27. The van der Waals surface area contributed by atoms with Crippen LogP contribution in [-0.4, -0.2) is 28.6 Å². The van der Waals surface area contributed by atoms with Crippen molar-refractivity contribution >= 4 is 5.91 Å². The lowest BCUT2D eigenvalue weighted by Gasteiger charge is -2.31. The molecule has 1 fully saturated rings. The molecule has 0 radical (unpaired) electrons. The summed E-state index contributed by atoms with van der Waals surface area (Å²) in [6.45, 7) is 2.28. The van der Waals surface area contributed by atoms with Gasteiger partial charge in [0.15, 0.2) is 0 Å². The van der Waals surface area contributed by atoms with E-state index in [1.807, 2.05) is 0 Å². The fraction of sp³-hybridized carbons (Fsp3) is 0.500. The Bertz CT molecular complexity index is 475. The quantitative estimate of drug-likeness (QED) is 0.700. The average Bonchev–Trinajstić information content (AvgIpc) is 2.22. The number of aliphatic hydroxyl groups excluding tert-OH is 1. The molecule has 0 saturated heterocycles. The normalized spacial score (nSPS) is 22.9. The second-order valence-electron chi connectivity index (χ2n) is 4.59. The maximum atomic E-state index is 11.7. The molecule has 2 rings (SSSR count). The van der Waals surface area contributed by atoms with Gasteiger partial charge in [0.05, 0.1) is 6.10 Å². The van der Waals surface area contributed by atoms with Crippen molar-refractivity contribution in [1.82, 2.24) is 10.3 Å². The molecule has 5 heteroatoms. The van der Waals surface area contributed by atoms with E-state index in [0.29, 0.717) is 12.5 Å². The Kier molecular flexibility index (Phi) is 3.28. The highest BCUT2D eigenvalue weighted by Crippen LogP contribution is 2.26. The molecule has 3 N–H and O–H groups in total. The number of carbonyl (C=O) groups is 1. The van der Waals surface area contributed by atoms with E-state index < -0.39 is 0 Å². The third kappa shape index (κ3) is 2.74. The Morgan fingerprint density at radius 2 is 2.24 bits per heavy atom. The molecule has 1 aliphatic carbocycles. The zero-order chi connectivity index (χ0) is 12.4. The van der Waals surface area contributed by atoms with Gasteiger partial charge in [-0.2, -0.15) is 0 Å². The van der Waals surface area contributed by atoms with Crippen molar-refractivity contribution in [3.05, 3.63) is 33.7 Å². The van der Waals surface area contributed by atoms with E-state index in [9.17, 15) is 9.59 Å². The first-order valence-electron chi connectivity index (χ1n) is 5.72. The lowest BCUT2D eigenvalue weighted by molar-refractivity contribution is 0.0420. The SMILES string of the molecule is Cc1ccc(C(=O)NCC2CC(O)C2)c(=O)[nH]1. The van der Waals surface area contributed by atoms with Crippen molar-refractivity contribution < 1.29 is 9.90 Å². The van der Waals surface area contributed by atoms with E-state index in [-0.39, 0.29) is 23.1 Å². The van der Waals surface area contributed by atoms with Crippen LogP contribution >= 0.6 is 0 Å². The third-order valence-corrected chi connectivity index (χ3v) is 3.06. The minimum atomic E-state index is -0.365.